The van der Waals surface area contributed by atoms with Gasteiger partial charge in [0.1, 0.15) is 6.10 Å². The van der Waals surface area contributed by atoms with E-state index in [9.17, 15) is 14.7 Å². The average Bonchev–Trinajstić information content (AvgIpc) is 2.67. The first-order valence-corrected chi connectivity index (χ1v) is 5.77. The minimum absolute atomic E-state index is 0.0893. The van der Waals surface area contributed by atoms with E-state index in [0.717, 1.165) is 0 Å². The SMILES string of the molecule is Cc1cn([C@H]2CO[C@H](CCO)[C@H]2O)c(=O)[nH]c1=O. The molecule has 0 aliphatic carbocycles. The number of aliphatic hydroxyl groups excluding tert-OH is 2. The van der Waals surface area contributed by atoms with Crippen LogP contribution in [0.5, 0.6) is 0 Å². The summed E-state index contributed by atoms with van der Waals surface area (Å²) in [5.74, 6) is 0. The fraction of sp³-hybridized carbons (Fsp3) is 0.636. The Hall–Kier alpha value is -1.44. The Morgan fingerprint density at radius 1 is 1.56 bits per heavy atom. The van der Waals surface area contributed by atoms with Crippen molar-refractivity contribution in [3.05, 3.63) is 32.6 Å². The van der Waals surface area contributed by atoms with Gasteiger partial charge in [0.25, 0.3) is 5.56 Å². The van der Waals surface area contributed by atoms with E-state index in [1.807, 2.05) is 0 Å². The standard InChI is InChI=1S/C11H16N2O5/c1-6-4-13(11(17)12-10(6)16)7-5-18-8(2-3-14)9(7)15/h4,7-9,14-15H,2-3,5H2,1H3,(H,12,16,17)/t7-,8+,9-/m0/s1. The van der Waals surface area contributed by atoms with Crippen molar-refractivity contribution in [1.82, 2.24) is 9.55 Å². The van der Waals surface area contributed by atoms with Crippen LogP contribution in [-0.2, 0) is 4.74 Å². The maximum atomic E-state index is 11.7. The lowest BCUT2D eigenvalue weighted by molar-refractivity contribution is 0.0231. The monoisotopic (exact) mass is 256 g/mol. The number of aryl methyl sites for hydroxylation is 1. The highest BCUT2D eigenvalue weighted by Gasteiger charge is 2.37. The van der Waals surface area contributed by atoms with Gasteiger partial charge in [0.2, 0.25) is 0 Å². The zero-order chi connectivity index (χ0) is 13.3. The minimum Gasteiger partial charge on any atom is -0.396 e. The molecule has 100 valence electrons. The summed E-state index contributed by atoms with van der Waals surface area (Å²) < 4.78 is 6.61. The number of aromatic amines is 1. The predicted molar refractivity (Wildman–Crippen MR) is 62.5 cm³/mol. The van der Waals surface area contributed by atoms with Crippen LogP contribution in [0.2, 0.25) is 0 Å². The molecule has 0 unspecified atom stereocenters. The van der Waals surface area contributed by atoms with E-state index in [4.69, 9.17) is 9.84 Å². The number of H-pyrrole nitrogens is 1. The molecule has 0 aromatic carbocycles. The normalized spacial score (nSPS) is 27.6. The Morgan fingerprint density at radius 2 is 2.28 bits per heavy atom. The molecule has 0 bridgehead atoms. The zero-order valence-corrected chi connectivity index (χ0v) is 10.00. The number of rotatable bonds is 3. The lowest BCUT2D eigenvalue weighted by Crippen LogP contribution is -2.38. The predicted octanol–water partition coefficient (Wildman–Crippen LogP) is -1.47. The van der Waals surface area contributed by atoms with Gasteiger partial charge < -0.3 is 14.9 Å². The molecule has 18 heavy (non-hydrogen) atoms. The fourth-order valence-corrected chi connectivity index (χ4v) is 2.13. The Kier molecular flexibility index (Phi) is 3.65. The number of ether oxygens (including phenoxy) is 1. The van der Waals surface area contributed by atoms with Crippen molar-refractivity contribution >= 4 is 0 Å². The molecule has 3 N–H and O–H groups in total. The highest BCUT2D eigenvalue weighted by molar-refractivity contribution is 5.03. The smallest absolute Gasteiger partial charge is 0.328 e. The quantitative estimate of drug-likeness (QED) is 0.612. The van der Waals surface area contributed by atoms with Gasteiger partial charge in [0.05, 0.1) is 18.8 Å². The number of aliphatic hydroxyl groups is 2. The van der Waals surface area contributed by atoms with Crippen molar-refractivity contribution in [3.8, 4) is 0 Å². The second-order valence-corrected chi connectivity index (χ2v) is 4.42. The van der Waals surface area contributed by atoms with E-state index in [1.54, 1.807) is 6.92 Å². The first kappa shape index (κ1) is 13.0. The molecule has 7 heteroatoms. The third-order valence-electron chi connectivity index (χ3n) is 3.17. The fourth-order valence-electron chi connectivity index (χ4n) is 2.13. The highest BCUT2D eigenvalue weighted by atomic mass is 16.5. The summed E-state index contributed by atoms with van der Waals surface area (Å²) in [5, 5.41) is 18.9. The van der Waals surface area contributed by atoms with Crippen molar-refractivity contribution < 1.29 is 14.9 Å². The van der Waals surface area contributed by atoms with Gasteiger partial charge in [-0.3, -0.25) is 14.3 Å². The van der Waals surface area contributed by atoms with Crippen LogP contribution in [0.1, 0.15) is 18.0 Å². The molecule has 0 amide bonds. The third kappa shape index (κ3) is 2.24. The van der Waals surface area contributed by atoms with Gasteiger partial charge in [0, 0.05) is 18.4 Å². The molecular weight excluding hydrogens is 240 g/mol. The number of nitrogens with zero attached hydrogens (tertiary/aromatic N) is 1. The third-order valence-corrected chi connectivity index (χ3v) is 3.17. The van der Waals surface area contributed by atoms with Gasteiger partial charge in [-0.25, -0.2) is 4.79 Å². The van der Waals surface area contributed by atoms with E-state index in [1.165, 1.54) is 10.8 Å². The van der Waals surface area contributed by atoms with Crippen LogP contribution in [0.15, 0.2) is 15.8 Å². The molecule has 1 aromatic rings. The lowest BCUT2D eigenvalue weighted by Gasteiger charge is -2.18. The molecule has 1 aliphatic rings. The number of hydrogen-bond donors (Lipinski definition) is 3. The van der Waals surface area contributed by atoms with Crippen LogP contribution in [0.4, 0.5) is 0 Å². The summed E-state index contributed by atoms with van der Waals surface area (Å²) >= 11 is 0. The molecule has 1 fully saturated rings. The van der Waals surface area contributed by atoms with E-state index in [-0.39, 0.29) is 13.2 Å². The van der Waals surface area contributed by atoms with Gasteiger partial charge in [-0.05, 0) is 13.3 Å². The molecule has 0 saturated carbocycles. The van der Waals surface area contributed by atoms with Crippen molar-refractivity contribution in [3.63, 3.8) is 0 Å². The largest absolute Gasteiger partial charge is 0.396 e. The van der Waals surface area contributed by atoms with Crippen LogP contribution in [0, 0.1) is 6.92 Å². The van der Waals surface area contributed by atoms with Crippen LogP contribution in [0.3, 0.4) is 0 Å². The van der Waals surface area contributed by atoms with Crippen LogP contribution in [-0.4, -0.2) is 45.2 Å². The molecule has 1 aromatic heterocycles. The number of hydrogen-bond acceptors (Lipinski definition) is 5. The molecule has 1 aliphatic heterocycles. The molecule has 7 nitrogen and oxygen atoms in total. The van der Waals surface area contributed by atoms with Crippen LogP contribution >= 0.6 is 0 Å². The zero-order valence-electron chi connectivity index (χ0n) is 10.00. The van der Waals surface area contributed by atoms with E-state index in [2.05, 4.69) is 4.98 Å². The maximum absolute atomic E-state index is 11.7. The minimum atomic E-state index is -0.875. The Bertz CT molecular complexity index is 535. The first-order chi connectivity index (χ1) is 8.54. The Labute approximate surface area is 103 Å². The lowest BCUT2D eigenvalue weighted by atomic mass is 10.1. The molecule has 1 saturated heterocycles. The molecular formula is C11H16N2O5. The van der Waals surface area contributed by atoms with Crippen LogP contribution < -0.4 is 11.2 Å². The van der Waals surface area contributed by atoms with Gasteiger partial charge in [-0.15, -0.1) is 0 Å². The Morgan fingerprint density at radius 3 is 2.94 bits per heavy atom. The van der Waals surface area contributed by atoms with Gasteiger partial charge in [0.15, 0.2) is 0 Å². The van der Waals surface area contributed by atoms with E-state index < -0.39 is 29.5 Å². The highest BCUT2D eigenvalue weighted by Crippen LogP contribution is 2.25. The Balaban J connectivity index is 2.31. The van der Waals surface area contributed by atoms with Gasteiger partial charge in [-0.2, -0.15) is 0 Å². The molecule has 0 spiro atoms. The average molecular weight is 256 g/mol. The summed E-state index contributed by atoms with van der Waals surface area (Å²) in [4.78, 5) is 25.1. The first-order valence-electron chi connectivity index (χ1n) is 5.77. The second-order valence-electron chi connectivity index (χ2n) is 4.42. The van der Waals surface area contributed by atoms with Crippen molar-refractivity contribution in [1.29, 1.82) is 0 Å². The summed E-state index contributed by atoms with van der Waals surface area (Å²) in [5.41, 5.74) is -0.605. The molecule has 2 rings (SSSR count). The summed E-state index contributed by atoms with van der Waals surface area (Å²) in [6.07, 6.45) is 0.369. The maximum Gasteiger partial charge on any atom is 0.328 e. The molecule has 2 heterocycles. The summed E-state index contributed by atoms with van der Waals surface area (Å²) in [6.45, 7) is 1.67. The van der Waals surface area contributed by atoms with Crippen LogP contribution in [0.25, 0.3) is 0 Å². The molecule has 3 atom stereocenters. The van der Waals surface area contributed by atoms with E-state index >= 15 is 0 Å². The summed E-state index contributed by atoms with van der Waals surface area (Å²) in [7, 11) is 0. The van der Waals surface area contributed by atoms with Crippen molar-refractivity contribution in [2.24, 2.45) is 0 Å². The van der Waals surface area contributed by atoms with E-state index in [0.29, 0.717) is 12.0 Å². The number of aromatic nitrogens is 2. The number of nitrogens with one attached hydrogen (secondary N) is 1. The van der Waals surface area contributed by atoms with Crippen molar-refractivity contribution in [2.75, 3.05) is 13.2 Å². The van der Waals surface area contributed by atoms with Crippen molar-refractivity contribution in [2.45, 2.75) is 31.6 Å². The summed E-state index contributed by atoms with van der Waals surface area (Å²) in [6, 6.07) is -0.537. The second kappa shape index (κ2) is 5.05. The molecule has 0 radical (unpaired) electrons. The topological polar surface area (TPSA) is 105 Å². The van der Waals surface area contributed by atoms with Gasteiger partial charge in [-0.1, -0.05) is 0 Å². The van der Waals surface area contributed by atoms with Gasteiger partial charge >= 0.3 is 5.69 Å².